The monoisotopic (exact) mass is 222 g/mol. The second-order valence-electron chi connectivity index (χ2n) is 3.48. The van der Waals surface area contributed by atoms with Crippen molar-refractivity contribution < 1.29 is 9.84 Å². The Morgan fingerprint density at radius 2 is 2.31 bits per heavy atom. The summed E-state index contributed by atoms with van der Waals surface area (Å²) >= 11 is 0. The second kappa shape index (κ2) is 3.96. The average Bonchev–Trinajstić information content (AvgIpc) is 2.65. The van der Waals surface area contributed by atoms with E-state index in [1.165, 1.54) is 10.8 Å². The summed E-state index contributed by atoms with van der Waals surface area (Å²) in [6, 6.07) is 0. The Labute approximate surface area is 90.5 Å². The first-order valence-corrected chi connectivity index (χ1v) is 4.77. The van der Waals surface area contributed by atoms with E-state index in [2.05, 4.69) is 10.9 Å². The zero-order valence-corrected chi connectivity index (χ0v) is 8.34. The highest BCUT2D eigenvalue weighted by atomic mass is 16.6. The van der Waals surface area contributed by atoms with Gasteiger partial charge in [-0.2, -0.15) is 0 Å². The van der Waals surface area contributed by atoms with Gasteiger partial charge < -0.3 is 9.84 Å². The van der Waals surface area contributed by atoms with Crippen LogP contribution < -0.4 is 11.2 Å². The number of aliphatic hydroxyl groups is 1. The molecule has 0 aromatic carbocycles. The number of nitrogens with zero attached hydrogens (tertiary/aromatic N) is 1. The lowest BCUT2D eigenvalue weighted by Gasteiger charge is -2.13. The van der Waals surface area contributed by atoms with E-state index in [1.54, 1.807) is 0 Å². The fourth-order valence-electron chi connectivity index (χ4n) is 1.61. The number of hydrogen-bond donors (Lipinski definition) is 2. The van der Waals surface area contributed by atoms with Crippen molar-refractivity contribution in [1.29, 1.82) is 0 Å². The number of rotatable bonds is 1. The molecular formula is C10H10N2O4. The molecule has 1 aromatic heterocycles. The number of aliphatic hydroxyl groups excluding tert-OH is 1. The number of nitrogens with one attached hydrogen (secondary N) is 1. The summed E-state index contributed by atoms with van der Waals surface area (Å²) in [4.78, 5) is 24.8. The molecule has 1 aliphatic heterocycles. The summed E-state index contributed by atoms with van der Waals surface area (Å²) in [6.45, 7) is 0. The fraction of sp³-hybridized carbons (Fsp3) is 0.400. The first kappa shape index (κ1) is 10.7. The lowest BCUT2D eigenvalue weighted by Crippen LogP contribution is -2.33. The number of ether oxygens (including phenoxy) is 1. The van der Waals surface area contributed by atoms with Crippen molar-refractivity contribution in [3.05, 3.63) is 32.6 Å². The molecule has 2 rings (SSSR count). The van der Waals surface area contributed by atoms with Crippen LogP contribution in [0.1, 0.15) is 24.6 Å². The minimum Gasteiger partial charge on any atom is -0.368 e. The van der Waals surface area contributed by atoms with Crippen molar-refractivity contribution in [2.45, 2.75) is 25.4 Å². The SMILES string of the molecule is C#Cc1cn(C2CC[C@@H](O)O2)c(=O)[nH]c1=O. The van der Waals surface area contributed by atoms with Gasteiger partial charge in [-0.25, -0.2) is 4.79 Å². The molecule has 1 saturated heterocycles. The first-order valence-electron chi connectivity index (χ1n) is 4.77. The maximum absolute atomic E-state index is 11.5. The molecule has 0 bridgehead atoms. The predicted molar refractivity (Wildman–Crippen MR) is 54.6 cm³/mol. The van der Waals surface area contributed by atoms with E-state index in [9.17, 15) is 14.7 Å². The van der Waals surface area contributed by atoms with Gasteiger partial charge in [-0.15, -0.1) is 6.42 Å². The molecule has 2 atom stereocenters. The van der Waals surface area contributed by atoms with Crippen molar-refractivity contribution in [1.82, 2.24) is 9.55 Å². The van der Waals surface area contributed by atoms with E-state index < -0.39 is 23.8 Å². The van der Waals surface area contributed by atoms with Gasteiger partial charge >= 0.3 is 5.69 Å². The number of aromatic amines is 1. The van der Waals surface area contributed by atoms with Crippen LogP contribution in [0.25, 0.3) is 0 Å². The number of hydrogen-bond acceptors (Lipinski definition) is 4. The summed E-state index contributed by atoms with van der Waals surface area (Å²) in [5.41, 5.74) is -1.13. The van der Waals surface area contributed by atoms with E-state index >= 15 is 0 Å². The molecule has 6 nitrogen and oxygen atoms in total. The normalized spacial score (nSPS) is 24.2. The Kier molecular flexibility index (Phi) is 2.64. The van der Waals surface area contributed by atoms with Crippen LogP contribution in [-0.2, 0) is 4.74 Å². The van der Waals surface area contributed by atoms with Gasteiger partial charge in [0, 0.05) is 12.6 Å². The van der Waals surface area contributed by atoms with Gasteiger partial charge in [0.25, 0.3) is 5.56 Å². The molecule has 1 unspecified atom stereocenters. The second-order valence-corrected chi connectivity index (χ2v) is 3.48. The predicted octanol–water partition coefficient (Wildman–Crippen LogP) is -0.855. The van der Waals surface area contributed by atoms with E-state index in [4.69, 9.17) is 11.2 Å². The molecule has 2 heterocycles. The van der Waals surface area contributed by atoms with Gasteiger partial charge in [0.2, 0.25) is 0 Å². The molecular weight excluding hydrogens is 212 g/mol. The van der Waals surface area contributed by atoms with Crippen LogP contribution in [0.2, 0.25) is 0 Å². The largest absolute Gasteiger partial charge is 0.368 e. The fourth-order valence-corrected chi connectivity index (χ4v) is 1.61. The minimum atomic E-state index is -0.877. The Hall–Kier alpha value is -1.84. The highest BCUT2D eigenvalue weighted by Crippen LogP contribution is 2.24. The lowest BCUT2D eigenvalue weighted by molar-refractivity contribution is -0.113. The molecule has 0 saturated carbocycles. The van der Waals surface area contributed by atoms with E-state index in [1.807, 2.05) is 0 Å². The molecule has 0 spiro atoms. The zero-order chi connectivity index (χ0) is 11.7. The van der Waals surface area contributed by atoms with Crippen LogP contribution in [0.5, 0.6) is 0 Å². The lowest BCUT2D eigenvalue weighted by atomic mass is 10.3. The molecule has 16 heavy (non-hydrogen) atoms. The highest BCUT2D eigenvalue weighted by molar-refractivity contribution is 5.26. The standard InChI is InChI=1S/C10H10N2O4/c1-2-6-5-12(10(15)11-9(6)14)7-3-4-8(13)16-7/h1,5,7-8,13H,3-4H2,(H,11,14,15)/t7?,8-/m0/s1. The van der Waals surface area contributed by atoms with E-state index in [0.29, 0.717) is 12.8 Å². The van der Waals surface area contributed by atoms with Gasteiger partial charge in [0.05, 0.1) is 0 Å². The van der Waals surface area contributed by atoms with E-state index in [0.717, 1.165) is 0 Å². The summed E-state index contributed by atoms with van der Waals surface area (Å²) in [5.74, 6) is 2.18. The summed E-state index contributed by atoms with van der Waals surface area (Å²) < 4.78 is 6.28. The topological polar surface area (TPSA) is 84.3 Å². The molecule has 1 aliphatic rings. The van der Waals surface area contributed by atoms with Gasteiger partial charge in [0.15, 0.2) is 6.29 Å². The Morgan fingerprint density at radius 3 is 2.88 bits per heavy atom. The average molecular weight is 222 g/mol. The van der Waals surface area contributed by atoms with Crippen LogP contribution in [0.15, 0.2) is 15.8 Å². The van der Waals surface area contributed by atoms with Gasteiger partial charge in [0.1, 0.15) is 11.8 Å². The maximum atomic E-state index is 11.5. The summed E-state index contributed by atoms with van der Waals surface area (Å²) in [5, 5.41) is 9.18. The van der Waals surface area contributed by atoms with Crippen molar-refractivity contribution in [3.8, 4) is 12.3 Å². The molecule has 0 aliphatic carbocycles. The van der Waals surface area contributed by atoms with Crippen LogP contribution in [-0.4, -0.2) is 20.9 Å². The third kappa shape index (κ3) is 1.78. The smallest absolute Gasteiger partial charge is 0.330 e. The Morgan fingerprint density at radius 1 is 1.56 bits per heavy atom. The minimum absolute atomic E-state index is 0.0598. The number of H-pyrrole nitrogens is 1. The highest BCUT2D eigenvalue weighted by Gasteiger charge is 2.25. The van der Waals surface area contributed by atoms with Crippen LogP contribution in [0.3, 0.4) is 0 Å². The third-order valence-corrected chi connectivity index (χ3v) is 2.41. The van der Waals surface area contributed by atoms with Crippen LogP contribution in [0, 0.1) is 12.3 Å². The Bertz CT molecular complexity index is 551. The van der Waals surface area contributed by atoms with Gasteiger partial charge in [-0.05, 0) is 6.42 Å². The first-order chi connectivity index (χ1) is 7.61. The van der Waals surface area contributed by atoms with E-state index in [-0.39, 0.29) is 5.56 Å². The van der Waals surface area contributed by atoms with Gasteiger partial charge in [-0.3, -0.25) is 14.3 Å². The van der Waals surface area contributed by atoms with Crippen LogP contribution >= 0.6 is 0 Å². The maximum Gasteiger partial charge on any atom is 0.330 e. The number of aromatic nitrogens is 2. The van der Waals surface area contributed by atoms with Crippen molar-refractivity contribution in [2.24, 2.45) is 0 Å². The molecule has 2 N–H and O–H groups in total. The third-order valence-electron chi connectivity index (χ3n) is 2.41. The zero-order valence-electron chi connectivity index (χ0n) is 8.34. The van der Waals surface area contributed by atoms with Crippen molar-refractivity contribution in [3.63, 3.8) is 0 Å². The molecule has 0 radical (unpaired) electrons. The van der Waals surface area contributed by atoms with Crippen molar-refractivity contribution >= 4 is 0 Å². The quantitative estimate of drug-likeness (QED) is 0.606. The number of terminal acetylenes is 1. The van der Waals surface area contributed by atoms with Crippen LogP contribution in [0.4, 0.5) is 0 Å². The molecule has 0 amide bonds. The summed E-state index contributed by atoms with van der Waals surface area (Å²) in [7, 11) is 0. The molecule has 1 fully saturated rings. The molecule has 84 valence electrons. The summed E-state index contributed by atoms with van der Waals surface area (Å²) in [6.07, 6.45) is 5.88. The molecule has 1 aromatic rings. The van der Waals surface area contributed by atoms with Gasteiger partial charge in [-0.1, -0.05) is 5.92 Å². The molecule has 6 heteroatoms. The Balaban J connectivity index is 2.46. The van der Waals surface area contributed by atoms with Crippen molar-refractivity contribution in [2.75, 3.05) is 0 Å².